The summed E-state index contributed by atoms with van der Waals surface area (Å²) in [5.74, 6) is 0. The van der Waals surface area contributed by atoms with Crippen molar-refractivity contribution in [1.29, 1.82) is 0 Å². The Hall–Kier alpha value is -0.940. The van der Waals surface area contributed by atoms with Gasteiger partial charge in [0.25, 0.3) is 0 Å². The van der Waals surface area contributed by atoms with E-state index in [2.05, 4.69) is 51.8 Å². The second-order valence-electron chi connectivity index (χ2n) is 3.71. The van der Waals surface area contributed by atoms with Gasteiger partial charge in [-0.15, -0.1) is 0 Å². The molecule has 0 unspecified atom stereocenters. The third kappa shape index (κ3) is 4.28. The van der Waals surface area contributed by atoms with Crippen LogP contribution in [0.3, 0.4) is 0 Å². The zero-order chi connectivity index (χ0) is 12.0. The average molecular weight is 285 g/mol. The highest BCUT2D eigenvalue weighted by atomic mass is 79.9. The Bertz CT molecular complexity index is 425. The Morgan fingerprint density at radius 2 is 2.12 bits per heavy atom. The van der Waals surface area contributed by atoms with Crippen LogP contribution in [0.25, 0.3) is 5.65 Å². The maximum Gasteiger partial charge on any atom is 0.155 e. The lowest BCUT2D eigenvalue weighted by Crippen LogP contribution is -2.11. The van der Waals surface area contributed by atoms with Crippen LogP contribution in [-0.4, -0.2) is 39.9 Å². The first-order valence-corrected chi connectivity index (χ1v) is 6.01. The van der Waals surface area contributed by atoms with Crippen LogP contribution in [0.4, 0.5) is 0 Å². The van der Waals surface area contributed by atoms with Gasteiger partial charge >= 0.3 is 0 Å². The normalized spacial score (nSPS) is 10.3. The van der Waals surface area contributed by atoms with Crippen LogP contribution in [0.1, 0.15) is 13.3 Å². The maximum absolute atomic E-state index is 4.04. The Labute approximate surface area is 104 Å². The second kappa shape index (κ2) is 6.60. The van der Waals surface area contributed by atoms with Crippen molar-refractivity contribution in [2.24, 2.45) is 0 Å². The first kappa shape index (κ1) is 13.1. The van der Waals surface area contributed by atoms with E-state index < -0.39 is 0 Å². The van der Waals surface area contributed by atoms with Crippen LogP contribution >= 0.6 is 15.9 Å². The van der Waals surface area contributed by atoms with Gasteiger partial charge in [0.1, 0.15) is 4.60 Å². The number of nitrogens with zero attached hydrogens (tertiary/aromatic N) is 4. The fourth-order valence-electron chi connectivity index (χ4n) is 1.25. The van der Waals surface area contributed by atoms with Crippen LogP contribution in [0, 0.1) is 0 Å². The Balaban J connectivity index is 0.000000187. The molecule has 0 spiro atoms. The minimum Gasteiger partial charge on any atom is -0.309 e. The van der Waals surface area contributed by atoms with Crippen molar-refractivity contribution in [3.63, 3.8) is 0 Å². The van der Waals surface area contributed by atoms with E-state index in [0.717, 1.165) is 10.3 Å². The molecule has 0 aromatic carbocycles. The summed E-state index contributed by atoms with van der Waals surface area (Å²) < 4.78 is 2.72. The molecule has 0 aliphatic carbocycles. The molecule has 0 fully saturated rings. The third-order valence-electron chi connectivity index (χ3n) is 1.92. The van der Waals surface area contributed by atoms with Crippen LogP contribution < -0.4 is 0 Å². The Morgan fingerprint density at radius 1 is 1.38 bits per heavy atom. The first-order valence-electron chi connectivity index (χ1n) is 5.22. The molecule has 0 amide bonds. The molecule has 0 saturated heterocycles. The zero-order valence-electron chi connectivity index (χ0n) is 9.89. The van der Waals surface area contributed by atoms with Gasteiger partial charge in [-0.2, -0.15) is 0 Å². The van der Waals surface area contributed by atoms with Crippen molar-refractivity contribution in [3.05, 3.63) is 29.4 Å². The summed E-state index contributed by atoms with van der Waals surface area (Å²) in [6.45, 7) is 3.39. The molecule has 4 nitrogen and oxygen atoms in total. The van der Waals surface area contributed by atoms with E-state index in [1.165, 1.54) is 13.0 Å². The predicted octanol–water partition coefficient (Wildman–Crippen LogP) is 2.45. The number of hydrogen-bond donors (Lipinski definition) is 0. The highest BCUT2D eigenvalue weighted by Crippen LogP contribution is 2.05. The van der Waals surface area contributed by atoms with Gasteiger partial charge in [-0.25, -0.2) is 9.97 Å². The van der Waals surface area contributed by atoms with Gasteiger partial charge in [-0.1, -0.05) is 6.92 Å². The largest absolute Gasteiger partial charge is 0.309 e. The van der Waals surface area contributed by atoms with E-state index in [1.54, 1.807) is 12.4 Å². The smallest absolute Gasteiger partial charge is 0.155 e. The molecule has 0 N–H and O–H groups in total. The summed E-state index contributed by atoms with van der Waals surface area (Å²) in [5, 5.41) is 0. The standard InChI is InChI=1S/C6H4BrN3.C5H13N/c7-5-4-10-2-1-8-6(10)3-9-5;1-4-5-6(2)3/h1-4H;4-5H2,1-3H3. The first-order chi connectivity index (χ1) is 7.63. The van der Waals surface area contributed by atoms with Crippen LogP contribution in [0.15, 0.2) is 29.4 Å². The molecule has 0 aliphatic heterocycles. The molecule has 5 heteroatoms. The number of halogens is 1. The topological polar surface area (TPSA) is 33.4 Å². The van der Waals surface area contributed by atoms with E-state index in [9.17, 15) is 0 Å². The maximum atomic E-state index is 4.04. The highest BCUT2D eigenvalue weighted by molar-refractivity contribution is 9.10. The van der Waals surface area contributed by atoms with Crippen molar-refractivity contribution < 1.29 is 0 Å². The predicted molar refractivity (Wildman–Crippen MR) is 69.5 cm³/mol. The quantitative estimate of drug-likeness (QED) is 0.850. The van der Waals surface area contributed by atoms with Gasteiger partial charge in [-0.05, 0) is 43.0 Å². The fourth-order valence-corrected chi connectivity index (χ4v) is 1.57. The van der Waals surface area contributed by atoms with Crippen molar-refractivity contribution in [2.45, 2.75) is 13.3 Å². The lowest BCUT2D eigenvalue weighted by molar-refractivity contribution is 0.408. The van der Waals surface area contributed by atoms with Crippen molar-refractivity contribution in [2.75, 3.05) is 20.6 Å². The average Bonchev–Trinajstić information content (AvgIpc) is 2.65. The molecule has 0 radical (unpaired) electrons. The second-order valence-corrected chi connectivity index (χ2v) is 4.52. The fraction of sp³-hybridized carbons (Fsp3) is 0.455. The van der Waals surface area contributed by atoms with Crippen molar-refractivity contribution in [1.82, 2.24) is 19.3 Å². The lowest BCUT2D eigenvalue weighted by Gasteiger charge is -2.03. The van der Waals surface area contributed by atoms with E-state index in [1.807, 2.05) is 16.8 Å². The van der Waals surface area contributed by atoms with Gasteiger partial charge in [0.15, 0.2) is 5.65 Å². The third-order valence-corrected chi connectivity index (χ3v) is 2.33. The highest BCUT2D eigenvalue weighted by Gasteiger charge is 1.92. The van der Waals surface area contributed by atoms with Gasteiger partial charge in [0.2, 0.25) is 0 Å². The van der Waals surface area contributed by atoms with Crippen LogP contribution in [0.5, 0.6) is 0 Å². The Kier molecular flexibility index (Phi) is 5.42. The summed E-state index contributed by atoms with van der Waals surface area (Å²) in [4.78, 5) is 10.2. The van der Waals surface area contributed by atoms with E-state index in [0.29, 0.717) is 0 Å². The van der Waals surface area contributed by atoms with Gasteiger partial charge < -0.3 is 9.30 Å². The summed E-state index contributed by atoms with van der Waals surface area (Å²) in [6, 6.07) is 0. The molecule has 2 rings (SSSR count). The van der Waals surface area contributed by atoms with Crippen LogP contribution in [0.2, 0.25) is 0 Å². The minimum atomic E-state index is 0.818. The zero-order valence-corrected chi connectivity index (χ0v) is 11.5. The minimum absolute atomic E-state index is 0.818. The van der Waals surface area contributed by atoms with Gasteiger partial charge in [0.05, 0.1) is 6.20 Å². The molecular formula is C11H17BrN4. The Morgan fingerprint density at radius 3 is 2.69 bits per heavy atom. The van der Waals surface area contributed by atoms with Crippen molar-refractivity contribution in [3.8, 4) is 0 Å². The van der Waals surface area contributed by atoms with Gasteiger partial charge in [0, 0.05) is 18.6 Å². The van der Waals surface area contributed by atoms with Crippen LogP contribution in [-0.2, 0) is 0 Å². The lowest BCUT2D eigenvalue weighted by atomic mass is 10.5. The molecule has 2 aromatic heterocycles. The molecule has 0 bridgehead atoms. The molecule has 2 aromatic rings. The molecule has 88 valence electrons. The number of imidazole rings is 1. The SMILES string of the molecule is Brc1cn2ccnc2cn1.CCCN(C)C. The monoisotopic (exact) mass is 284 g/mol. The number of aromatic nitrogens is 3. The molecule has 0 atom stereocenters. The molecule has 0 saturated carbocycles. The summed E-state index contributed by atoms with van der Waals surface area (Å²) in [7, 11) is 4.17. The molecule has 16 heavy (non-hydrogen) atoms. The summed E-state index contributed by atoms with van der Waals surface area (Å²) in [6.07, 6.45) is 8.45. The van der Waals surface area contributed by atoms with Crippen molar-refractivity contribution >= 4 is 21.6 Å². The molecular weight excluding hydrogens is 268 g/mol. The van der Waals surface area contributed by atoms with E-state index in [4.69, 9.17) is 0 Å². The number of fused-ring (bicyclic) bond motifs is 1. The summed E-state index contributed by atoms with van der Waals surface area (Å²) >= 11 is 3.26. The number of hydrogen-bond acceptors (Lipinski definition) is 3. The van der Waals surface area contributed by atoms with E-state index >= 15 is 0 Å². The van der Waals surface area contributed by atoms with E-state index in [-0.39, 0.29) is 0 Å². The molecule has 2 heterocycles. The summed E-state index contributed by atoms with van der Waals surface area (Å²) in [5.41, 5.74) is 0.864. The number of rotatable bonds is 2. The van der Waals surface area contributed by atoms with Gasteiger partial charge in [-0.3, -0.25) is 0 Å². The molecule has 0 aliphatic rings.